The highest BCUT2D eigenvalue weighted by atomic mass is 19.1. The molecule has 0 bridgehead atoms. The van der Waals surface area contributed by atoms with E-state index < -0.39 is 17.4 Å². The smallest absolute Gasteiger partial charge is 0.410 e. The van der Waals surface area contributed by atoms with Gasteiger partial charge in [-0.2, -0.15) is 0 Å². The first-order chi connectivity index (χ1) is 10.7. The highest BCUT2D eigenvalue weighted by Gasteiger charge is 2.29. The molecule has 0 saturated carbocycles. The number of ether oxygens (including phenoxy) is 1. The number of aromatic carboxylic acids is 1. The van der Waals surface area contributed by atoms with Gasteiger partial charge in [-0.25, -0.2) is 14.0 Å². The Hall–Kier alpha value is -2.11. The van der Waals surface area contributed by atoms with Gasteiger partial charge in [-0.1, -0.05) is 6.07 Å². The van der Waals surface area contributed by atoms with E-state index in [1.165, 1.54) is 12.1 Å². The fourth-order valence-electron chi connectivity index (χ4n) is 2.70. The lowest BCUT2D eigenvalue weighted by molar-refractivity contribution is 0.0198. The summed E-state index contributed by atoms with van der Waals surface area (Å²) in [5, 5.41) is 9.03. The van der Waals surface area contributed by atoms with Gasteiger partial charge in [0.05, 0.1) is 5.56 Å². The van der Waals surface area contributed by atoms with E-state index >= 15 is 0 Å². The van der Waals surface area contributed by atoms with Gasteiger partial charge >= 0.3 is 12.1 Å². The monoisotopic (exact) mass is 323 g/mol. The lowest BCUT2D eigenvalue weighted by atomic mass is 9.89. The summed E-state index contributed by atoms with van der Waals surface area (Å²) < 4.78 is 18.9. The molecule has 1 N–H and O–H groups in total. The van der Waals surface area contributed by atoms with Crippen molar-refractivity contribution in [3.05, 3.63) is 35.1 Å². The SMILES string of the molecule is CC(C)(C)OC(=O)N1CCCC(c2ccc(F)c(C(=O)O)c2)C1. The van der Waals surface area contributed by atoms with E-state index in [4.69, 9.17) is 9.84 Å². The maximum Gasteiger partial charge on any atom is 0.410 e. The number of rotatable bonds is 2. The Morgan fingerprint density at radius 1 is 1.35 bits per heavy atom. The Kier molecular flexibility index (Phi) is 4.92. The molecule has 5 nitrogen and oxygen atoms in total. The van der Waals surface area contributed by atoms with Gasteiger partial charge in [0.15, 0.2) is 0 Å². The molecule has 1 fully saturated rings. The van der Waals surface area contributed by atoms with Gasteiger partial charge in [-0.3, -0.25) is 0 Å². The number of piperidine rings is 1. The number of nitrogens with zero attached hydrogens (tertiary/aromatic N) is 1. The van der Waals surface area contributed by atoms with Crippen molar-refractivity contribution in [2.75, 3.05) is 13.1 Å². The molecule has 0 aromatic heterocycles. The molecule has 1 aliphatic rings. The number of hydrogen-bond acceptors (Lipinski definition) is 3. The summed E-state index contributed by atoms with van der Waals surface area (Å²) in [5.41, 5.74) is -0.162. The molecular weight excluding hydrogens is 301 g/mol. The second-order valence-electron chi connectivity index (χ2n) is 6.81. The average Bonchev–Trinajstić information content (AvgIpc) is 2.46. The zero-order chi connectivity index (χ0) is 17.2. The molecule has 0 spiro atoms. The summed E-state index contributed by atoms with van der Waals surface area (Å²) >= 11 is 0. The van der Waals surface area contributed by atoms with E-state index in [9.17, 15) is 14.0 Å². The van der Waals surface area contributed by atoms with Crippen molar-refractivity contribution in [2.45, 2.75) is 45.1 Å². The van der Waals surface area contributed by atoms with E-state index in [0.717, 1.165) is 18.4 Å². The summed E-state index contributed by atoms with van der Waals surface area (Å²) in [6.07, 6.45) is 1.25. The third-order valence-corrected chi connectivity index (χ3v) is 3.77. The zero-order valence-electron chi connectivity index (χ0n) is 13.6. The van der Waals surface area contributed by atoms with E-state index in [2.05, 4.69) is 0 Å². The van der Waals surface area contributed by atoms with Gasteiger partial charge in [0.1, 0.15) is 11.4 Å². The highest BCUT2D eigenvalue weighted by molar-refractivity contribution is 5.88. The molecule has 0 aliphatic carbocycles. The Labute approximate surface area is 135 Å². The molecule has 23 heavy (non-hydrogen) atoms. The van der Waals surface area contributed by atoms with Gasteiger partial charge in [0.25, 0.3) is 0 Å². The molecule has 1 heterocycles. The van der Waals surface area contributed by atoms with Crippen LogP contribution in [0.3, 0.4) is 0 Å². The molecule has 1 saturated heterocycles. The van der Waals surface area contributed by atoms with Gasteiger partial charge < -0.3 is 14.7 Å². The van der Waals surface area contributed by atoms with Crippen LogP contribution in [0.4, 0.5) is 9.18 Å². The second-order valence-corrected chi connectivity index (χ2v) is 6.81. The minimum Gasteiger partial charge on any atom is -0.478 e. The lowest BCUT2D eigenvalue weighted by Gasteiger charge is -2.34. The zero-order valence-corrected chi connectivity index (χ0v) is 13.6. The van der Waals surface area contributed by atoms with Crippen LogP contribution in [0.15, 0.2) is 18.2 Å². The first-order valence-electron chi connectivity index (χ1n) is 7.68. The predicted molar refractivity (Wildman–Crippen MR) is 83.1 cm³/mol. The van der Waals surface area contributed by atoms with Crippen molar-refractivity contribution in [3.63, 3.8) is 0 Å². The third kappa shape index (κ3) is 4.43. The number of carbonyl (C=O) groups excluding carboxylic acids is 1. The Balaban J connectivity index is 2.14. The summed E-state index contributed by atoms with van der Waals surface area (Å²) in [4.78, 5) is 24.9. The summed E-state index contributed by atoms with van der Waals surface area (Å²) in [6.45, 7) is 6.49. The minimum absolute atomic E-state index is 0.0185. The van der Waals surface area contributed by atoms with E-state index in [1.807, 2.05) is 20.8 Å². The van der Waals surface area contributed by atoms with Crippen molar-refractivity contribution in [1.29, 1.82) is 0 Å². The van der Waals surface area contributed by atoms with Crippen molar-refractivity contribution >= 4 is 12.1 Å². The first kappa shape index (κ1) is 17.2. The maximum absolute atomic E-state index is 13.5. The second kappa shape index (κ2) is 6.56. The van der Waals surface area contributed by atoms with Crippen LogP contribution < -0.4 is 0 Å². The molecule has 1 aliphatic heterocycles. The molecule has 2 rings (SSSR count). The maximum atomic E-state index is 13.5. The average molecular weight is 323 g/mol. The largest absolute Gasteiger partial charge is 0.478 e. The Bertz CT molecular complexity index is 609. The predicted octanol–water partition coefficient (Wildman–Crippen LogP) is 3.64. The fourth-order valence-corrected chi connectivity index (χ4v) is 2.70. The van der Waals surface area contributed by atoms with Crippen LogP contribution >= 0.6 is 0 Å². The lowest BCUT2D eigenvalue weighted by Crippen LogP contribution is -2.42. The Morgan fingerprint density at radius 3 is 2.65 bits per heavy atom. The summed E-state index contributed by atoms with van der Waals surface area (Å²) in [5.74, 6) is -2.06. The van der Waals surface area contributed by atoms with E-state index in [0.29, 0.717) is 13.1 Å². The topological polar surface area (TPSA) is 66.8 Å². The molecule has 1 amide bonds. The van der Waals surface area contributed by atoms with Gasteiger partial charge in [-0.05, 0) is 51.3 Å². The third-order valence-electron chi connectivity index (χ3n) is 3.77. The van der Waals surface area contributed by atoms with Crippen LogP contribution in [0.25, 0.3) is 0 Å². The summed E-state index contributed by atoms with van der Waals surface area (Å²) in [7, 11) is 0. The quantitative estimate of drug-likeness (QED) is 0.902. The molecule has 1 aromatic carbocycles. The fraction of sp³-hybridized carbons (Fsp3) is 0.529. The first-order valence-corrected chi connectivity index (χ1v) is 7.68. The molecule has 0 radical (unpaired) electrons. The normalized spacial score (nSPS) is 18.6. The van der Waals surface area contributed by atoms with E-state index in [1.54, 1.807) is 11.0 Å². The molecule has 126 valence electrons. The standard InChI is InChI=1S/C17H22FNO4/c1-17(2,3)23-16(22)19-8-4-5-12(10-19)11-6-7-14(18)13(9-11)15(20)21/h6-7,9,12H,4-5,8,10H2,1-3H3,(H,20,21). The van der Waals surface area contributed by atoms with Crippen molar-refractivity contribution in [3.8, 4) is 0 Å². The molecular formula is C17H22FNO4. The number of hydrogen-bond donors (Lipinski definition) is 1. The highest BCUT2D eigenvalue weighted by Crippen LogP contribution is 2.29. The number of carbonyl (C=O) groups is 2. The minimum atomic E-state index is -1.29. The van der Waals surface area contributed by atoms with Crippen LogP contribution in [0.1, 0.15) is 55.5 Å². The van der Waals surface area contributed by atoms with Crippen molar-refractivity contribution < 1.29 is 23.8 Å². The number of likely N-dealkylation sites (tertiary alicyclic amines) is 1. The number of carboxylic acids is 1. The number of halogens is 1. The van der Waals surface area contributed by atoms with Crippen molar-refractivity contribution in [1.82, 2.24) is 4.90 Å². The number of benzene rings is 1. The summed E-state index contributed by atoms with van der Waals surface area (Å²) in [6, 6.07) is 4.12. The van der Waals surface area contributed by atoms with Crippen LogP contribution in [-0.4, -0.2) is 40.8 Å². The van der Waals surface area contributed by atoms with Crippen molar-refractivity contribution in [2.24, 2.45) is 0 Å². The molecule has 1 atom stereocenters. The number of carboxylic acid groups (broad SMARTS) is 1. The van der Waals surface area contributed by atoms with E-state index in [-0.39, 0.29) is 17.6 Å². The van der Waals surface area contributed by atoms with Gasteiger partial charge in [-0.15, -0.1) is 0 Å². The van der Waals surface area contributed by atoms with Crippen LogP contribution in [0.5, 0.6) is 0 Å². The van der Waals surface area contributed by atoms with Crippen LogP contribution in [0, 0.1) is 5.82 Å². The van der Waals surface area contributed by atoms with Crippen LogP contribution in [-0.2, 0) is 4.74 Å². The van der Waals surface area contributed by atoms with Crippen LogP contribution in [0.2, 0.25) is 0 Å². The molecule has 1 unspecified atom stereocenters. The van der Waals surface area contributed by atoms with Gasteiger partial charge in [0.2, 0.25) is 0 Å². The Morgan fingerprint density at radius 2 is 2.04 bits per heavy atom. The number of amides is 1. The molecule has 1 aromatic rings. The van der Waals surface area contributed by atoms with Gasteiger partial charge in [0, 0.05) is 19.0 Å². The molecule has 6 heteroatoms.